The van der Waals surface area contributed by atoms with E-state index in [1.807, 2.05) is 38.1 Å². The number of rotatable bonds is 8. The van der Waals surface area contributed by atoms with E-state index in [0.717, 1.165) is 29.2 Å². The number of carbonyl (C=O) groups is 2. The summed E-state index contributed by atoms with van der Waals surface area (Å²) < 4.78 is 5.64. The van der Waals surface area contributed by atoms with Crippen molar-refractivity contribution in [1.82, 2.24) is 9.88 Å². The van der Waals surface area contributed by atoms with Gasteiger partial charge in [0.05, 0.1) is 12.0 Å². The molecule has 144 valence electrons. The Morgan fingerprint density at radius 1 is 1.26 bits per heavy atom. The summed E-state index contributed by atoms with van der Waals surface area (Å²) in [5.74, 6) is -0.880. The van der Waals surface area contributed by atoms with Crippen molar-refractivity contribution in [2.24, 2.45) is 5.92 Å². The van der Waals surface area contributed by atoms with Gasteiger partial charge < -0.3 is 14.7 Å². The molecular formula is C20H24N2O4S. The standard InChI is InChI=1S/C20H24N2O4S/c1-12(2)26-16-8-4-14(5-9-16)18-21-17(11-27-18)19(23)22(15-6-7-15)10-13(3)20(24)25/h4-5,8-9,11-13,15H,6-7,10H2,1-3H3,(H,24,25). The highest BCUT2D eigenvalue weighted by Gasteiger charge is 2.35. The maximum Gasteiger partial charge on any atom is 0.308 e. The highest BCUT2D eigenvalue weighted by Crippen LogP contribution is 2.31. The Labute approximate surface area is 162 Å². The molecule has 2 aromatic rings. The molecule has 0 bridgehead atoms. The minimum atomic E-state index is -0.892. The van der Waals surface area contributed by atoms with Crippen molar-refractivity contribution in [3.8, 4) is 16.3 Å². The number of aliphatic carboxylic acids is 1. The lowest BCUT2D eigenvalue weighted by Crippen LogP contribution is -2.38. The quantitative estimate of drug-likeness (QED) is 0.741. The van der Waals surface area contributed by atoms with Gasteiger partial charge in [0.1, 0.15) is 16.5 Å². The van der Waals surface area contributed by atoms with E-state index in [4.69, 9.17) is 9.84 Å². The van der Waals surface area contributed by atoms with E-state index in [1.165, 1.54) is 11.3 Å². The van der Waals surface area contributed by atoms with Gasteiger partial charge in [-0.15, -0.1) is 11.3 Å². The van der Waals surface area contributed by atoms with Crippen LogP contribution in [0.15, 0.2) is 29.6 Å². The van der Waals surface area contributed by atoms with Gasteiger partial charge in [0, 0.05) is 23.5 Å². The summed E-state index contributed by atoms with van der Waals surface area (Å²) in [6.45, 7) is 5.79. The number of hydrogen-bond donors (Lipinski definition) is 1. The normalized spacial score (nSPS) is 14.8. The van der Waals surface area contributed by atoms with Gasteiger partial charge in [-0.1, -0.05) is 6.92 Å². The van der Waals surface area contributed by atoms with E-state index in [0.29, 0.717) is 5.69 Å². The predicted octanol–water partition coefficient (Wildman–Crippen LogP) is 3.92. The van der Waals surface area contributed by atoms with Gasteiger partial charge in [-0.2, -0.15) is 0 Å². The number of benzene rings is 1. The van der Waals surface area contributed by atoms with Gasteiger partial charge in [-0.3, -0.25) is 9.59 Å². The van der Waals surface area contributed by atoms with Gasteiger partial charge in [0.15, 0.2) is 0 Å². The molecular weight excluding hydrogens is 364 g/mol. The molecule has 1 aliphatic carbocycles. The smallest absolute Gasteiger partial charge is 0.308 e. The number of nitrogens with zero attached hydrogens (tertiary/aromatic N) is 2. The summed E-state index contributed by atoms with van der Waals surface area (Å²) in [7, 11) is 0. The first-order valence-corrected chi connectivity index (χ1v) is 9.99. The lowest BCUT2D eigenvalue weighted by atomic mass is 10.1. The summed E-state index contributed by atoms with van der Waals surface area (Å²) in [6.07, 6.45) is 1.96. The Hall–Kier alpha value is -2.41. The zero-order valence-electron chi connectivity index (χ0n) is 15.7. The molecule has 1 aliphatic rings. The van der Waals surface area contributed by atoms with E-state index in [-0.39, 0.29) is 24.6 Å². The summed E-state index contributed by atoms with van der Waals surface area (Å²) in [5, 5.41) is 11.7. The fourth-order valence-electron chi connectivity index (χ4n) is 2.76. The molecule has 0 aliphatic heterocycles. The largest absolute Gasteiger partial charge is 0.491 e. The van der Waals surface area contributed by atoms with E-state index >= 15 is 0 Å². The Morgan fingerprint density at radius 3 is 2.48 bits per heavy atom. The average molecular weight is 388 g/mol. The second kappa shape index (κ2) is 8.08. The molecule has 7 heteroatoms. The van der Waals surface area contributed by atoms with Crippen LogP contribution in [0.4, 0.5) is 0 Å². The molecule has 1 aromatic carbocycles. The molecule has 0 spiro atoms. The number of carboxylic acids is 1. The Morgan fingerprint density at radius 2 is 1.93 bits per heavy atom. The molecule has 1 atom stereocenters. The first kappa shape index (κ1) is 19.4. The highest BCUT2D eigenvalue weighted by molar-refractivity contribution is 7.13. The van der Waals surface area contributed by atoms with Gasteiger partial charge >= 0.3 is 5.97 Å². The SMILES string of the molecule is CC(C)Oc1ccc(-c2nc(C(=O)N(CC(C)C(=O)O)C3CC3)cs2)cc1. The minimum absolute atomic E-state index is 0.113. The maximum atomic E-state index is 12.9. The molecule has 0 radical (unpaired) electrons. The van der Waals surface area contributed by atoms with Crippen molar-refractivity contribution in [2.45, 2.75) is 45.8 Å². The first-order chi connectivity index (χ1) is 12.8. The molecule has 1 fully saturated rings. The van der Waals surface area contributed by atoms with Crippen molar-refractivity contribution in [2.75, 3.05) is 6.54 Å². The van der Waals surface area contributed by atoms with E-state index in [2.05, 4.69) is 4.98 Å². The minimum Gasteiger partial charge on any atom is -0.491 e. The van der Waals surface area contributed by atoms with Crippen molar-refractivity contribution >= 4 is 23.2 Å². The van der Waals surface area contributed by atoms with Crippen molar-refractivity contribution in [3.05, 3.63) is 35.3 Å². The van der Waals surface area contributed by atoms with Gasteiger partial charge in [0.25, 0.3) is 5.91 Å². The van der Waals surface area contributed by atoms with E-state index < -0.39 is 11.9 Å². The molecule has 1 saturated carbocycles. The fourth-order valence-corrected chi connectivity index (χ4v) is 3.56. The van der Waals surface area contributed by atoms with Gasteiger partial charge in [0.2, 0.25) is 0 Å². The lowest BCUT2D eigenvalue weighted by Gasteiger charge is -2.23. The molecule has 1 aromatic heterocycles. The zero-order chi connectivity index (χ0) is 19.6. The van der Waals surface area contributed by atoms with Crippen molar-refractivity contribution in [1.29, 1.82) is 0 Å². The molecule has 1 heterocycles. The predicted molar refractivity (Wildman–Crippen MR) is 104 cm³/mol. The van der Waals surface area contributed by atoms with Crippen LogP contribution in [0.1, 0.15) is 44.1 Å². The monoisotopic (exact) mass is 388 g/mol. The number of ether oxygens (including phenoxy) is 1. The number of carboxylic acid groups (broad SMARTS) is 1. The second-order valence-electron chi connectivity index (χ2n) is 7.16. The Balaban J connectivity index is 1.73. The lowest BCUT2D eigenvalue weighted by molar-refractivity contribution is -0.141. The third-order valence-electron chi connectivity index (χ3n) is 4.34. The molecule has 6 nitrogen and oxygen atoms in total. The average Bonchev–Trinajstić information content (AvgIpc) is 3.34. The molecule has 1 N–H and O–H groups in total. The molecule has 1 amide bonds. The number of aromatic nitrogens is 1. The molecule has 1 unspecified atom stereocenters. The zero-order valence-corrected chi connectivity index (χ0v) is 16.5. The van der Waals surface area contributed by atoms with Gasteiger partial charge in [-0.05, 0) is 51.0 Å². The number of thiazole rings is 1. The van der Waals surface area contributed by atoms with Crippen LogP contribution in [0.3, 0.4) is 0 Å². The van der Waals surface area contributed by atoms with Crippen LogP contribution >= 0.6 is 11.3 Å². The van der Waals surface area contributed by atoms with E-state index in [9.17, 15) is 9.59 Å². The van der Waals surface area contributed by atoms with E-state index in [1.54, 1.807) is 17.2 Å². The summed E-state index contributed by atoms with van der Waals surface area (Å²) in [4.78, 5) is 30.2. The maximum absolute atomic E-state index is 12.9. The number of hydrogen-bond acceptors (Lipinski definition) is 5. The van der Waals surface area contributed by atoms with Crippen LogP contribution in [0, 0.1) is 5.92 Å². The van der Waals surface area contributed by atoms with Crippen LogP contribution in [0.25, 0.3) is 10.6 Å². The second-order valence-corrected chi connectivity index (χ2v) is 8.01. The first-order valence-electron chi connectivity index (χ1n) is 9.11. The Kier molecular flexibility index (Phi) is 5.79. The highest BCUT2D eigenvalue weighted by atomic mass is 32.1. The molecule has 0 saturated heterocycles. The Bertz CT molecular complexity index is 812. The van der Waals surface area contributed by atoms with Crippen LogP contribution in [-0.2, 0) is 4.79 Å². The third kappa shape index (κ3) is 4.86. The topological polar surface area (TPSA) is 79.7 Å². The fraction of sp³-hybridized carbons (Fsp3) is 0.450. The van der Waals surface area contributed by atoms with Crippen LogP contribution in [0.2, 0.25) is 0 Å². The summed E-state index contributed by atoms with van der Waals surface area (Å²) in [5.41, 5.74) is 1.30. The summed E-state index contributed by atoms with van der Waals surface area (Å²) in [6, 6.07) is 7.77. The van der Waals surface area contributed by atoms with Gasteiger partial charge in [-0.25, -0.2) is 4.98 Å². The van der Waals surface area contributed by atoms with Crippen molar-refractivity contribution in [3.63, 3.8) is 0 Å². The summed E-state index contributed by atoms with van der Waals surface area (Å²) >= 11 is 1.41. The number of carbonyl (C=O) groups excluding carboxylic acids is 1. The van der Waals surface area contributed by atoms with Crippen LogP contribution < -0.4 is 4.74 Å². The number of amides is 1. The molecule has 3 rings (SSSR count). The van der Waals surface area contributed by atoms with Crippen LogP contribution in [0.5, 0.6) is 5.75 Å². The van der Waals surface area contributed by atoms with Crippen molar-refractivity contribution < 1.29 is 19.4 Å². The molecule has 27 heavy (non-hydrogen) atoms. The van der Waals surface area contributed by atoms with Crippen LogP contribution in [-0.4, -0.2) is 45.6 Å². The third-order valence-corrected chi connectivity index (χ3v) is 5.23.